The Morgan fingerprint density at radius 1 is 1.00 bits per heavy atom. The van der Waals surface area contributed by atoms with Crippen molar-refractivity contribution in [3.05, 3.63) is 72.0 Å². The second kappa shape index (κ2) is 8.15. The van der Waals surface area contributed by atoms with E-state index in [2.05, 4.69) is 13.8 Å². The Morgan fingerprint density at radius 2 is 1.50 bits per heavy atom. The van der Waals surface area contributed by atoms with Crippen LogP contribution < -0.4 is 10.6 Å². The average molecular weight is 313 g/mol. The molecule has 2 aromatic carbocycles. The molecule has 0 amide bonds. The van der Waals surface area contributed by atoms with Gasteiger partial charge in [0.2, 0.25) is 0 Å². The summed E-state index contributed by atoms with van der Waals surface area (Å²) in [5.74, 6) is 0.325. The monoisotopic (exact) mass is 313 g/mol. The van der Waals surface area contributed by atoms with E-state index in [-0.39, 0.29) is 0 Å². The highest BCUT2D eigenvalue weighted by Crippen LogP contribution is 2.46. The first-order valence-electron chi connectivity index (χ1n) is 8.55. The standard InChI is InChI=1S/C20H25OP/c1-3-5-12-18(4-2)17-22(21,19-13-8-6-9-14-19)20-15-10-7-11-16-20/h6-11,13-17H,3-5,12H2,1-2H3/b18-17-/i17D. The zero-order valence-electron chi connectivity index (χ0n) is 14.5. The minimum Gasteiger partial charge on any atom is -0.309 e. The maximum Gasteiger partial charge on any atom is 0.164 e. The molecule has 0 N–H and O–H groups in total. The van der Waals surface area contributed by atoms with Crippen LogP contribution in [-0.4, -0.2) is 0 Å². The molecule has 2 aromatic rings. The zero-order chi connectivity index (χ0) is 16.7. The van der Waals surface area contributed by atoms with Gasteiger partial charge >= 0.3 is 0 Å². The van der Waals surface area contributed by atoms with Gasteiger partial charge in [0.05, 0.1) is 1.37 Å². The van der Waals surface area contributed by atoms with Crippen molar-refractivity contribution in [3.63, 3.8) is 0 Å². The molecule has 0 aliphatic heterocycles. The van der Waals surface area contributed by atoms with E-state index in [1.54, 1.807) is 0 Å². The normalized spacial score (nSPS) is 13.5. The van der Waals surface area contributed by atoms with Gasteiger partial charge in [0, 0.05) is 10.6 Å². The van der Waals surface area contributed by atoms with Gasteiger partial charge in [-0.15, -0.1) is 0 Å². The first-order chi connectivity index (χ1) is 11.1. The van der Waals surface area contributed by atoms with Crippen molar-refractivity contribution in [1.29, 1.82) is 0 Å². The molecule has 0 unspecified atom stereocenters. The van der Waals surface area contributed by atoms with Gasteiger partial charge in [-0.1, -0.05) is 86.5 Å². The Kier molecular flexibility index (Phi) is 5.67. The van der Waals surface area contributed by atoms with E-state index in [4.69, 9.17) is 1.37 Å². The number of rotatable bonds is 7. The molecule has 0 radical (unpaired) electrons. The summed E-state index contributed by atoms with van der Waals surface area (Å²) in [6.45, 7) is 4.20. The van der Waals surface area contributed by atoms with Gasteiger partial charge < -0.3 is 4.57 Å². The summed E-state index contributed by atoms with van der Waals surface area (Å²) in [6.07, 6.45) is 3.75. The summed E-state index contributed by atoms with van der Waals surface area (Å²) >= 11 is 0. The highest BCUT2D eigenvalue weighted by molar-refractivity contribution is 7.81. The van der Waals surface area contributed by atoms with Crippen LogP contribution in [0.5, 0.6) is 0 Å². The van der Waals surface area contributed by atoms with Gasteiger partial charge in [0.25, 0.3) is 0 Å². The minimum absolute atomic E-state index is 0.325. The maximum atomic E-state index is 14.0. The molecule has 0 aliphatic carbocycles. The van der Waals surface area contributed by atoms with Gasteiger partial charge in [0.15, 0.2) is 7.14 Å². The molecule has 2 rings (SSSR count). The van der Waals surface area contributed by atoms with Gasteiger partial charge in [-0.05, 0) is 25.1 Å². The summed E-state index contributed by atoms with van der Waals surface area (Å²) in [5.41, 5.74) is 1.02. The first kappa shape index (κ1) is 15.3. The first-order valence-corrected chi connectivity index (χ1v) is 9.75. The highest BCUT2D eigenvalue weighted by atomic mass is 31.2. The minimum atomic E-state index is -3.08. The van der Waals surface area contributed by atoms with Crippen LogP contribution in [0.1, 0.15) is 40.9 Å². The molecule has 116 valence electrons. The SMILES string of the molecule is [2H]/C(=C(\CC)CCCC)P(=O)(c1ccccc1)c1ccccc1. The highest BCUT2D eigenvalue weighted by Gasteiger charge is 2.24. The fourth-order valence-corrected chi connectivity index (χ4v) is 4.93. The van der Waals surface area contributed by atoms with Crippen molar-refractivity contribution in [2.45, 2.75) is 39.5 Å². The van der Waals surface area contributed by atoms with Crippen molar-refractivity contribution in [3.8, 4) is 0 Å². The van der Waals surface area contributed by atoms with Gasteiger partial charge in [0.1, 0.15) is 0 Å². The molecular weight excluding hydrogens is 287 g/mol. The largest absolute Gasteiger partial charge is 0.309 e. The molecule has 0 heterocycles. The van der Waals surface area contributed by atoms with Crippen LogP contribution >= 0.6 is 7.14 Å². The average Bonchev–Trinajstić information content (AvgIpc) is 2.63. The van der Waals surface area contributed by atoms with E-state index in [0.717, 1.165) is 41.9 Å². The molecule has 1 nitrogen and oxygen atoms in total. The second-order valence-corrected chi connectivity index (χ2v) is 7.93. The molecule has 0 atom stereocenters. The van der Waals surface area contributed by atoms with Crippen molar-refractivity contribution in [2.24, 2.45) is 0 Å². The summed E-state index contributed by atoms with van der Waals surface area (Å²) < 4.78 is 22.8. The second-order valence-electron chi connectivity index (χ2n) is 5.45. The Morgan fingerprint density at radius 3 is 1.91 bits per heavy atom. The molecule has 0 saturated heterocycles. The van der Waals surface area contributed by atoms with Gasteiger partial charge in [-0.3, -0.25) is 0 Å². The molecule has 2 heteroatoms. The summed E-state index contributed by atoms with van der Waals surface area (Å²) in [6, 6.07) is 19.0. The van der Waals surface area contributed by atoms with Gasteiger partial charge in [-0.25, -0.2) is 0 Å². The Balaban J connectivity index is 2.64. The lowest BCUT2D eigenvalue weighted by molar-refractivity contribution is 0.591. The molecule has 0 bridgehead atoms. The van der Waals surface area contributed by atoms with Crippen LogP contribution in [0, 0.1) is 0 Å². The third-order valence-electron chi connectivity index (χ3n) is 3.81. The van der Waals surface area contributed by atoms with Crippen LogP contribution in [0.2, 0.25) is 0 Å². The van der Waals surface area contributed by atoms with Crippen molar-refractivity contribution in [1.82, 2.24) is 0 Å². The van der Waals surface area contributed by atoms with Crippen molar-refractivity contribution >= 4 is 17.8 Å². The topological polar surface area (TPSA) is 17.1 Å². The molecular formula is C20H25OP. The van der Waals surface area contributed by atoms with Crippen molar-refractivity contribution < 1.29 is 5.94 Å². The lowest BCUT2D eigenvalue weighted by Crippen LogP contribution is -2.14. The molecule has 0 saturated carbocycles. The summed E-state index contributed by atoms with van der Waals surface area (Å²) in [7, 11) is -3.08. The lowest BCUT2D eigenvalue weighted by Gasteiger charge is -2.17. The predicted molar refractivity (Wildman–Crippen MR) is 97.7 cm³/mol. The third kappa shape index (κ3) is 3.99. The predicted octanol–water partition coefficient (Wildman–Crippen LogP) is 5.48. The number of hydrogen-bond acceptors (Lipinski definition) is 1. The molecule has 0 aliphatic rings. The fourth-order valence-electron chi connectivity index (χ4n) is 2.48. The Labute approximate surface area is 135 Å². The van der Waals surface area contributed by atoms with Crippen molar-refractivity contribution in [2.75, 3.05) is 0 Å². The molecule has 22 heavy (non-hydrogen) atoms. The van der Waals surface area contributed by atoms with Crippen LogP contribution in [0.3, 0.4) is 0 Å². The summed E-state index contributed by atoms with van der Waals surface area (Å²) in [5, 5.41) is 1.50. The molecule has 0 fully saturated rings. The molecule has 0 spiro atoms. The van der Waals surface area contributed by atoms with E-state index < -0.39 is 7.14 Å². The van der Waals surface area contributed by atoms with Crippen LogP contribution in [-0.2, 0) is 4.57 Å². The number of hydrogen-bond donors (Lipinski definition) is 0. The molecule has 0 aromatic heterocycles. The van der Waals surface area contributed by atoms with E-state index in [9.17, 15) is 4.57 Å². The maximum absolute atomic E-state index is 14.0. The van der Waals surface area contributed by atoms with E-state index in [1.807, 2.05) is 60.7 Å². The zero-order valence-corrected chi connectivity index (χ0v) is 14.4. The van der Waals surface area contributed by atoms with Crippen LogP contribution in [0.25, 0.3) is 0 Å². The fraction of sp³-hybridized carbons (Fsp3) is 0.300. The van der Waals surface area contributed by atoms with Crippen LogP contribution in [0.4, 0.5) is 0 Å². The Bertz CT molecular complexity index is 649. The van der Waals surface area contributed by atoms with E-state index in [1.165, 1.54) is 0 Å². The van der Waals surface area contributed by atoms with E-state index >= 15 is 0 Å². The lowest BCUT2D eigenvalue weighted by atomic mass is 10.1. The smallest absolute Gasteiger partial charge is 0.164 e. The van der Waals surface area contributed by atoms with E-state index in [0.29, 0.717) is 5.79 Å². The van der Waals surface area contributed by atoms with Crippen LogP contribution in [0.15, 0.2) is 72.0 Å². The number of benzene rings is 2. The number of unbranched alkanes of at least 4 members (excludes halogenated alkanes) is 1. The number of allylic oxidation sites excluding steroid dienone is 1. The third-order valence-corrected chi connectivity index (χ3v) is 6.50. The summed E-state index contributed by atoms with van der Waals surface area (Å²) in [4.78, 5) is 0. The van der Waals surface area contributed by atoms with Gasteiger partial charge in [-0.2, -0.15) is 0 Å². The Hall–Kier alpha value is -1.59. The quantitative estimate of drug-likeness (QED) is 0.618.